The van der Waals surface area contributed by atoms with Crippen molar-refractivity contribution >= 4 is 35.3 Å². The van der Waals surface area contributed by atoms with Crippen molar-refractivity contribution in [2.45, 2.75) is 6.42 Å². The Labute approximate surface area is 127 Å². The van der Waals surface area contributed by atoms with E-state index in [1.165, 1.54) is 6.21 Å². The van der Waals surface area contributed by atoms with Gasteiger partial charge in [-0.3, -0.25) is 4.79 Å². The van der Waals surface area contributed by atoms with Crippen LogP contribution in [0.25, 0.3) is 0 Å². The minimum Gasteiger partial charge on any atom is -0.354 e. The van der Waals surface area contributed by atoms with Gasteiger partial charge in [-0.25, -0.2) is 5.43 Å². The number of carbonyl (C=O) groups excluding carboxylic acids is 1. The molecule has 0 atom stereocenters. The molecule has 0 saturated carbocycles. The van der Waals surface area contributed by atoms with Gasteiger partial charge in [0.2, 0.25) is 5.91 Å². The van der Waals surface area contributed by atoms with Gasteiger partial charge in [0.15, 0.2) is 0 Å². The maximum atomic E-state index is 11.7. The van der Waals surface area contributed by atoms with Gasteiger partial charge in [-0.15, -0.1) is 0 Å². The highest BCUT2D eigenvalue weighted by molar-refractivity contribution is 6.42. The number of nitrogens with zero attached hydrogens (tertiary/aromatic N) is 2. The number of halogens is 2. The van der Waals surface area contributed by atoms with Gasteiger partial charge in [-0.05, 0) is 29.8 Å². The molecule has 0 fully saturated rings. The first-order chi connectivity index (χ1) is 9.56. The van der Waals surface area contributed by atoms with Gasteiger partial charge in [0.25, 0.3) is 0 Å². The molecule has 2 rings (SSSR count). The van der Waals surface area contributed by atoms with Crippen molar-refractivity contribution in [2.24, 2.45) is 12.1 Å². The smallest absolute Gasteiger partial charge is 0.245 e. The highest BCUT2D eigenvalue weighted by Crippen LogP contribution is 2.21. The summed E-state index contributed by atoms with van der Waals surface area (Å²) in [5.74, 6) is -0.178. The molecule has 0 spiro atoms. The molecular formula is C14H13Cl2N3O. The lowest BCUT2D eigenvalue weighted by Crippen LogP contribution is -2.20. The summed E-state index contributed by atoms with van der Waals surface area (Å²) in [6, 6.07) is 8.90. The molecule has 0 aliphatic carbocycles. The van der Waals surface area contributed by atoms with Gasteiger partial charge in [0.1, 0.15) is 0 Å². The molecule has 0 saturated heterocycles. The number of aromatic nitrogens is 1. The molecule has 1 heterocycles. The number of amides is 1. The summed E-state index contributed by atoms with van der Waals surface area (Å²) in [6.07, 6.45) is 3.69. The summed E-state index contributed by atoms with van der Waals surface area (Å²) in [5.41, 5.74) is 4.16. The van der Waals surface area contributed by atoms with E-state index in [1.807, 2.05) is 29.9 Å². The van der Waals surface area contributed by atoms with Crippen LogP contribution >= 0.6 is 23.2 Å². The molecule has 20 heavy (non-hydrogen) atoms. The van der Waals surface area contributed by atoms with Crippen LogP contribution in [-0.2, 0) is 18.3 Å². The second-order valence-corrected chi connectivity index (χ2v) is 5.07. The second-order valence-electron chi connectivity index (χ2n) is 4.25. The predicted octanol–water partition coefficient (Wildman–Crippen LogP) is 3.02. The number of aryl methyl sites for hydroxylation is 1. The van der Waals surface area contributed by atoms with Crippen molar-refractivity contribution < 1.29 is 4.79 Å². The molecule has 0 aliphatic heterocycles. The van der Waals surface area contributed by atoms with E-state index in [2.05, 4.69) is 10.5 Å². The van der Waals surface area contributed by atoms with E-state index in [0.717, 1.165) is 11.3 Å². The molecule has 0 radical (unpaired) electrons. The van der Waals surface area contributed by atoms with Crippen LogP contribution in [0.2, 0.25) is 10.0 Å². The topological polar surface area (TPSA) is 46.4 Å². The lowest BCUT2D eigenvalue weighted by atomic mass is 10.2. The zero-order valence-electron chi connectivity index (χ0n) is 10.8. The Morgan fingerprint density at radius 1 is 1.35 bits per heavy atom. The Hall–Kier alpha value is -1.78. The standard InChI is InChI=1S/C14H13Cl2N3O/c1-19-6-2-3-11(19)8-14(20)18-17-9-10-4-5-12(15)13(16)7-10/h2-7,9H,8H2,1H3,(H,18,20). The fourth-order valence-electron chi connectivity index (χ4n) is 1.66. The van der Waals surface area contributed by atoms with Gasteiger partial charge < -0.3 is 4.57 Å². The lowest BCUT2D eigenvalue weighted by Gasteiger charge is -2.02. The first kappa shape index (κ1) is 14.6. The SMILES string of the molecule is Cn1cccc1CC(=O)NN=Cc1ccc(Cl)c(Cl)c1. The third kappa shape index (κ3) is 3.85. The largest absolute Gasteiger partial charge is 0.354 e. The second kappa shape index (κ2) is 6.59. The van der Waals surface area contributed by atoms with Crippen LogP contribution in [0, 0.1) is 0 Å². The summed E-state index contributed by atoms with van der Waals surface area (Å²) >= 11 is 11.7. The molecule has 0 aliphatic rings. The van der Waals surface area contributed by atoms with E-state index in [0.29, 0.717) is 10.0 Å². The van der Waals surface area contributed by atoms with Crippen molar-refractivity contribution in [2.75, 3.05) is 0 Å². The number of hydrazone groups is 1. The van der Waals surface area contributed by atoms with Crippen LogP contribution in [0.3, 0.4) is 0 Å². The first-order valence-corrected chi connectivity index (χ1v) is 6.69. The number of hydrogen-bond acceptors (Lipinski definition) is 2. The van der Waals surface area contributed by atoms with Crippen LogP contribution in [-0.4, -0.2) is 16.7 Å². The van der Waals surface area contributed by atoms with Gasteiger partial charge in [0, 0.05) is 18.9 Å². The normalized spacial score (nSPS) is 10.9. The predicted molar refractivity (Wildman–Crippen MR) is 81.3 cm³/mol. The van der Waals surface area contributed by atoms with Crippen LogP contribution in [0.5, 0.6) is 0 Å². The number of rotatable bonds is 4. The average molecular weight is 310 g/mol. The van der Waals surface area contributed by atoms with Gasteiger partial charge >= 0.3 is 0 Å². The van der Waals surface area contributed by atoms with Gasteiger partial charge in [0.05, 0.1) is 22.7 Å². The summed E-state index contributed by atoms with van der Waals surface area (Å²) < 4.78 is 1.89. The zero-order valence-corrected chi connectivity index (χ0v) is 12.3. The van der Waals surface area contributed by atoms with E-state index in [4.69, 9.17) is 23.2 Å². The number of carbonyl (C=O) groups is 1. The maximum Gasteiger partial charge on any atom is 0.245 e. The van der Waals surface area contributed by atoms with Crippen LogP contribution < -0.4 is 5.43 Å². The van der Waals surface area contributed by atoms with E-state index in [1.54, 1.807) is 18.2 Å². The molecule has 1 aromatic heterocycles. The highest BCUT2D eigenvalue weighted by atomic mass is 35.5. The third-order valence-corrected chi connectivity index (χ3v) is 3.48. The molecule has 1 aromatic carbocycles. The Balaban J connectivity index is 1.91. The van der Waals surface area contributed by atoms with E-state index < -0.39 is 0 Å². The van der Waals surface area contributed by atoms with Crippen molar-refractivity contribution in [1.82, 2.24) is 9.99 Å². The Morgan fingerprint density at radius 3 is 2.80 bits per heavy atom. The molecule has 1 amide bonds. The molecule has 0 bridgehead atoms. The molecule has 6 heteroatoms. The van der Waals surface area contributed by atoms with Crippen LogP contribution in [0.4, 0.5) is 0 Å². The van der Waals surface area contributed by atoms with Crippen molar-refractivity contribution in [3.05, 3.63) is 57.8 Å². The van der Waals surface area contributed by atoms with Crippen LogP contribution in [0.1, 0.15) is 11.3 Å². The summed E-state index contributed by atoms with van der Waals surface area (Å²) in [4.78, 5) is 11.7. The Bertz CT molecular complexity index is 650. The number of nitrogens with one attached hydrogen (secondary N) is 1. The lowest BCUT2D eigenvalue weighted by molar-refractivity contribution is -0.120. The molecule has 104 valence electrons. The molecule has 0 unspecified atom stereocenters. The average Bonchev–Trinajstić information content (AvgIpc) is 2.79. The number of hydrogen-bond donors (Lipinski definition) is 1. The zero-order chi connectivity index (χ0) is 14.5. The summed E-state index contributed by atoms with van der Waals surface area (Å²) in [7, 11) is 1.89. The Morgan fingerprint density at radius 2 is 2.15 bits per heavy atom. The fraction of sp³-hybridized carbons (Fsp3) is 0.143. The Kier molecular flexibility index (Phi) is 4.82. The molecule has 2 aromatic rings. The van der Waals surface area contributed by atoms with E-state index in [-0.39, 0.29) is 12.3 Å². The van der Waals surface area contributed by atoms with E-state index in [9.17, 15) is 4.79 Å². The summed E-state index contributed by atoms with van der Waals surface area (Å²) in [6.45, 7) is 0. The molecule has 4 nitrogen and oxygen atoms in total. The van der Waals surface area contributed by atoms with Gasteiger partial charge in [-0.2, -0.15) is 5.10 Å². The molecule has 1 N–H and O–H groups in total. The summed E-state index contributed by atoms with van der Waals surface area (Å²) in [5, 5.41) is 4.82. The van der Waals surface area contributed by atoms with Crippen LogP contribution in [0.15, 0.2) is 41.6 Å². The minimum absolute atomic E-state index is 0.178. The highest BCUT2D eigenvalue weighted by Gasteiger charge is 2.04. The monoisotopic (exact) mass is 309 g/mol. The minimum atomic E-state index is -0.178. The maximum absolute atomic E-state index is 11.7. The van der Waals surface area contributed by atoms with Crippen molar-refractivity contribution in [1.29, 1.82) is 0 Å². The quantitative estimate of drug-likeness (QED) is 0.685. The fourth-order valence-corrected chi connectivity index (χ4v) is 1.96. The van der Waals surface area contributed by atoms with Crippen molar-refractivity contribution in [3.8, 4) is 0 Å². The van der Waals surface area contributed by atoms with Gasteiger partial charge in [-0.1, -0.05) is 29.3 Å². The van der Waals surface area contributed by atoms with E-state index >= 15 is 0 Å². The van der Waals surface area contributed by atoms with Crippen molar-refractivity contribution in [3.63, 3.8) is 0 Å². The molecular weight excluding hydrogens is 297 g/mol. The number of benzene rings is 1. The first-order valence-electron chi connectivity index (χ1n) is 5.93. The third-order valence-electron chi connectivity index (χ3n) is 2.74.